The summed E-state index contributed by atoms with van der Waals surface area (Å²) in [5.41, 5.74) is 0. The quantitative estimate of drug-likeness (QED) is 0.682. The summed E-state index contributed by atoms with van der Waals surface area (Å²) in [7, 11) is 0. The maximum absolute atomic E-state index is 9.47. The summed E-state index contributed by atoms with van der Waals surface area (Å²) < 4.78 is 5.56. The SMILES string of the molecule is CC(C)CCOCCN1CCC[C@H](O)C1. The van der Waals surface area contributed by atoms with Crippen molar-refractivity contribution in [3.8, 4) is 0 Å². The lowest BCUT2D eigenvalue weighted by atomic mass is 10.1. The van der Waals surface area contributed by atoms with Gasteiger partial charge in [-0.2, -0.15) is 0 Å². The highest BCUT2D eigenvalue weighted by Gasteiger charge is 2.16. The van der Waals surface area contributed by atoms with Gasteiger partial charge in [0.1, 0.15) is 0 Å². The summed E-state index contributed by atoms with van der Waals surface area (Å²) in [5.74, 6) is 0.724. The van der Waals surface area contributed by atoms with Crippen LogP contribution in [0.25, 0.3) is 0 Å². The van der Waals surface area contributed by atoms with E-state index in [0.29, 0.717) is 0 Å². The molecule has 1 rings (SSSR count). The van der Waals surface area contributed by atoms with E-state index in [9.17, 15) is 5.11 Å². The first-order valence-corrected chi connectivity index (χ1v) is 6.16. The molecular formula is C12H25NO2. The van der Waals surface area contributed by atoms with Crippen molar-refractivity contribution in [2.45, 2.75) is 39.2 Å². The van der Waals surface area contributed by atoms with Gasteiger partial charge < -0.3 is 9.84 Å². The average molecular weight is 215 g/mol. The molecule has 1 fully saturated rings. The highest BCUT2D eigenvalue weighted by Crippen LogP contribution is 2.09. The molecule has 0 spiro atoms. The molecule has 15 heavy (non-hydrogen) atoms. The van der Waals surface area contributed by atoms with Crippen LogP contribution in [-0.2, 0) is 4.74 Å². The molecular weight excluding hydrogens is 190 g/mol. The maximum atomic E-state index is 9.47. The molecule has 0 saturated carbocycles. The zero-order valence-electron chi connectivity index (χ0n) is 10.1. The second-order valence-corrected chi connectivity index (χ2v) is 4.89. The Hall–Kier alpha value is -0.120. The standard InChI is InChI=1S/C12H25NO2/c1-11(2)5-8-15-9-7-13-6-3-4-12(14)10-13/h11-12,14H,3-10H2,1-2H3/t12-/m0/s1. The van der Waals surface area contributed by atoms with Crippen molar-refractivity contribution in [3.63, 3.8) is 0 Å². The summed E-state index contributed by atoms with van der Waals surface area (Å²) in [6.45, 7) is 9.01. The van der Waals surface area contributed by atoms with E-state index in [1.54, 1.807) is 0 Å². The first-order valence-electron chi connectivity index (χ1n) is 6.16. The third kappa shape index (κ3) is 6.13. The number of nitrogens with zero attached hydrogens (tertiary/aromatic N) is 1. The lowest BCUT2D eigenvalue weighted by Crippen LogP contribution is -2.40. The molecule has 0 aromatic heterocycles. The van der Waals surface area contributed by atoms with E-state index in [1.165, 1.54) is 0 Å². The molecule has 3 nitrogen and oxygen atoms in total. The van der Waals surface area contributed by atoms with Crippen LogP contribution in [0, 0.1) is 5.92 Å². The Morgan fingerprint density at radius 3 is 2.87 bits per heavy atom. The van der Waals surface area contributed by atoms with Crippen molar-refractivity contribution in [2.24, 2.45) is 5.92 Å². The van der Waals surface area contributed by atoms with E-state index in [-0.39, 0.29) is 6.10 Å². The predicted molar refractivity (Wildman–Crippen MR) is 62.0 cm³/mol. The Morgan fingerprint density at radius 2 is 2.20 bits per heavy atom. The van der Waals surface area contributed by atoms with Gasteiger partial charge in [-0.3, -0.25) is 4.90 Å². The largest absolute Gasteiger partial charge is 0.392 e. The molecule has 0 unspecified atom stereocenters. The normalized spacial score (nSPS) is 23.6. The Bertz CT molecular complexity index is 162. The average Bonchev–Trinajstić information content (AvgIpc) is 2.17. The van der Waals surface area contributed by atoms with E-state index in [0.717, 1.165) is 58.0 Å². The summed E-state index contributed by atoms with van der Waals surface area (Å²) >= 11 is 0. The molecule has 1 N–H and O–H groups in total. The van der Waals surface area contributed by atoms with Gasteiger partial charge in [0.15, 0.2) is 0 Å². The summed E-state index contributed by atoms with van der Waals surface area (Å²) in [5, 5.41) is 9.47. The van der Waals surface area contributed by atoms with Crippen molar-refractivity contribution in [2.75, 3.05) is 32.8 Å². The van der Waals surface area contributed by atoms with E-state index in [2.05, 4.69) is 18.7 Å². The highest BCUT2D eigenvalue weighted by molar-refractivity contribution is 4.71. The third-order valence-corrected chi connectivity index (χ3v) is 2.87. The monoisotopic (exact) mass is 215 g/mol. The minimum Gasteiger partial charge on any atom is -0.392 e. The molecule has 0 aromatic rings. The number of hydrogen-bond acceptors (Lipinski definition) is 3. The van der Waals surface area contributed by atoms with Crippen LogP contribution < -0.4 is 0 Å². The Morgan fingerprint density at radius 1 is 1.40 bits per heavy atom. The van der Waals surface area contributed by atoms with Gasteiger partial charge in [0, 0.05) is 19.7 Å². The van der Waals surface area contributed by atoms with E-state index < -0.39 is 0 Å². The zero-order valence-corrected chi connectivity index (χ0v) is 10.1. The van der Waals surface area contributed by atoms with Crippen LogP contribution in [0.3, 0.4) is 0 Å². The van der Waals surface area contributed by atoms with Gasteiger partial charge in [0.05, 0.1) is 12.7 Å². The number of aliphatic hydroxyl groups excluding tert-OH is 1. The molecule has 90 valence electrons. The van der Waals surface area contributed by atoms with Crippen LogP contribution in [0.15, 0.2) is 0 Å². The number of likely N-dealkylation sites (tertiary alicyclic amines) is 1. The Kier molecular flexibility index (Phi) is 6.22. The minimum atomic E-state index is -0.116. The van der Waals surface area contributed by atoms with Gasteiger partial charge in [-0.25, -0.2) is 0 Å². The molecule has 1 atom stereocenters. The van der Waals surface area contributed by atoms with Gasteiger partial charge in [-0.1, -0.05) is 13.8 Å². The van der Waals surface area contributed by atoms with Crippen molar-refractivity contribution in [3.05, 3.63) is 0 Å². The first kappa shape index (κ1) is 12.9. The molecule has 0 aliphatic carbocycles. The third-order valence-electron chi connectivity index (χ3n) is 2.87. The van der Waals surface area contributed by atoms with Gasteiger partial charge in [0.2, 0.25) is 0 Å². The van der Waals surface area contributed by atoms with Crippen LogP contribution in [-0.4, -0.2) is 49.0 Å². The van der Waals surface area contributed by atoms with Crippen LogP contribution in [0.2, 0.25) is 0 Å². The van der Waals surface area contributed by atoms with E-state index in [4.69, 9.17) is 4.74 Å². The van der Waals surface area contributed by atoms with Crippen LogP contribution >= 0.6 is 0 Å². The van der Waals surface area contributed by atoms with E-state index >= 15 is 0 Å². The predicted octanol–water partition coefficient (Wildman–Crippen LogP) is 1.51. The number of ether oxygens (including phenoxy) is 1. The van der Waals surface area contributed by atoms with Crippen molar-refractivity contribution in [1.29, 1.82) is 0 Å². The van der Waals surface area contributed by atoms with Gasteiger partial charge in [-0.05, 0) is 31.7 Å². The second kappa shape index (κ2) is 7.20. The lowest BCUT2D eigenvalue weighted by molar-refractivity contribution is 0.0432. The van der Waals surface area contributed by atoms with Gasteiger partial charge in [0.25, 0.3) is 0 Å². The van der Waals surface area contributed by atoms with Crippen LogP contribution in [0.1, 0.15) is 33.1 Å². The highest BCUT2D eigenvalue weighted by atomic mass is 16.5. The minimum absolute atomic E-state index is 0.116. The Balaban J connectivity index is 1.95. The summed E-state index contributed by atoms with van der Waals surface area (Å²) in [4.78, 5) is 2.30. The lowest BCUT2D eigenvalue weighted by Gasteiger charge is -2.29. The maximum Gasteiger partial charge on any atom is 0.0667 e. The van der Waals surface area contributed by atoms with Crippen molar-refractivity contribution < 1.29 is 9.84 Å². The number of rotatable bonds is 6. The summed E-state index contributed by atoms with van der Waals surface area (Å²) in [6.07, 6.45) is 3.11. The van der Waals surface area contributed by atoms with Crippen molar-refractivity contribution in [1.82, 2.24) is 4.90 Å². The Labute approximate surface area is 93.4 Å². The molecule has 0 radical (unpaired) electrons. The smallest absolute Gasteiger partial charge is 0.0667 e. The topological polar surface area (TPSA) is 32.7 Å². The number of piperidine rings is 1. The number of β-amino-alcohol motifs (C(OH)–C–C–N with tert-alkyl or cyclic N) is 1. The number of hydrogen-bond donors (Lipinski definition) is 1. The summed E-state index contributed by atoms with van der Waals surface area (Å²) in [6, 6.07) is 0. The fourth-order valence-electron chi connectivity index (χ4n) is 1.85. The fraction of sp³-hybridized carbons (Fsp3) is 1.00. The first-order chi connectivity index (χ1) is 7.18. The molecule has 0 amide bonds. The van der Waals surface area contributed by atoms with Gasteiger partial charge in [-0.15, -0.1) is 0 Å². The van der Waals surface area contributed by atoms with Crippen molar-refractivity contribution >= 4 is 0 Å². The van der Waals surface area contributed by atoms with E-state index in [1.807, 2.05) is 0 Å². The second-order valence-electron chi connectivity index (χ2n) is 4.89. The molecule has 1 saturated heterocycles. The zero-order chi connectivity index (χ0) is 11.1. The van der Waals surface area contributed by atoms with Gasteiger partial charge >= 0.3 is 0 Å². The molecule has 0 bridgehead atoms. The fourth-order valence-corrected chi connectivity index (χ4v) is 1.85. The molecule has 1 aliphatic heterocycles. The van der Waals surface area contributed by atoms with Crippen LogP contribution in [0.4, 0.5) is 0 Å². The molecule has 3 heteroatoms. The molecule has 1 heterocycles. The molecule has 1 aliphatic rings. The molecule has 0 aromatic carbocycles. The number of aliphatic hydroxyl groups is 1. The van der Waals surface area contributed by atoms with Crippen LogP contribution in [0.5, 0.6) is 0 Å².